The largest absolute Gasteiger partial charge is 0.352 e. The molecule has 3 heterocycles. The van der Waals surface area contributed by atoms with Gasteiger partial charge in [-0.15, -0.1) is 0 Å². The van der Waals surface area contributed by atoms with Crippen molar-refractivity contribution in [3.05, 3.63) is 83.8 Å². The Balaban J connectivity index is 1.46. The van der Waals surface area contributed by atoms with E-state index in [2.05, 4.69) is 44.5 Å². The van der Waals surface area contributed by atoms with Crippen molar-refractivity contribution in [3.8, 4) is 0 Å². The van der Waals surface area contributed by atoms with Gasteiger partial charge in [-0.05, 0) is 41.8 Å². The highest BCUT2D eigenvalue weighted by atomic mass is 16.1. The number of anilines is 2. The average molecular weight is 330 g/mol. The molecule has 0 unspecified atom stereocenters. The standard InChI is InChI=1S/C20H18N4O/c25-20(23-18-6-3-10-21-13-18)16-7-8-19(22-12-16)24-11-9-15-4-1-2-5-17(15)14-24/h1-8,10,12-13H,9,11,14H2,(H,23,25). The molecule has 0 saturated heterocycles. The second-order valence-corrected chi connectivity index (χ2v) is 6.04. The Morgan fingerprint density at radius 1 is 1.00 bits per heavy atom. The van der Waals surface area contributed by atoms with Crippen LogP contribution in [0.5, 0.6) is 0 Å². The SMILES string of the molecule is O=C(Nc1cccnc1)c1ccc(N2CCc3ccccc3C2)nc1. The van der Waals surface area contributed by atoms with E-state index in [0.717, 1.165) is 25.3 Å². The molecule has 124 valence electrons. The summed E-state index contributed by atoms with van der Waals surface area (Å²) in [5.74, 6) is 0.712. The van der Waals surface area contributed by atoms with Crippen molar-refractivity contribution in [2.24, 2.45) is 0 Å². The van der Waals surface area contributed by atoms with E-state index in [1.165, 1.54) is 11.1 Å². The summed E-state index contributed by atoms with van der Waals surface area (Å²) in [7, 11) is 0. The number of nitrogens with one attached hydrogen (secondary N) is 1. The van der Waals surface area contributed by atoms with Gasteiger partial charge in [-0.2, -0.15) is 0 Å². The summed E-state index contributed by atoms with van der Waals surface area (Å²) >= 11 is 0. The predicted molar refractivity (Wildman–Crippen MR) is 97.6 cm³/mol. The van der Waals surface area contributed by atoms with E-state index in [4.69, 9.17) is 0 Å². The minimum atomic E-state index is -0.184. The average Bonchev–Trinajstić information content (AvgIpc) is 2.68. The Bertz CT molecular complexity index is 878. The van der Waals surface area contributed by atoms with Crippen LogP contribution in [0.4, 0.5) is 11.5 Å². The molecule has 0 saturated carbocycles. The predicted octanol–water partition coefficient (Wildman–Crippen LogP) is 3.29. The van der Waals surface area contributed by atoms with Crippen LogP contribution in [0, 0.1) is 0 Å². The first-order chi connectivity index (χ1) is 12.3. The van der Waals surface area contributed by atoms with Gasteiger partial charge in [0.25, 0.3) is 5.91 Å². The normalized spacial score (nSPS) is 13.2. The van der Waals surface area contributed by atoms with Crippen LogP contribution in [-0.2, 0) is 13.0 Å². The summed E-state index contributed by atoms with van der Waals surface area (Å²) in [6.45, 7) is 1.79. The summed E-state index contributed by atoms with van der Waals surface area (Å²) in [4.78, 5) is 23.0. The minimum absolute atomic E-state index is 0.184. The second-order valence-electron chi connectivity index (χ2n) is 6.04. The maximum Gasteiger partial charge on any atom is 0.257 e. The third kappa shape index (κ3) is 3.35. The summed E-state index contributed by atoms with van der Waals surface area (Å²) in [5.41, 5.74) is 3.95. The zero-order chi connectivity index (χ0) is 17.1. The molecule has 0 fully saturated rings. The number of aromatic nitrogens is 2. The molecule has 2 aromatic heterocycles. The van der Waals surface area contributed by atoms with Gasteiger partial charge in [-0.1, -0.05) is 24.3 Å². The monoisotopic (exact) mass is 330 g/mol. The Hall–Kier alpha value is -3.21. The zero-order valence-electron chi connectivity index (χ0n) is 13.7. The van der Waals surface area contributed by atoms with Gasteiger partial charge in [0, 0.05) is 25.5 Å². The van der Waals surface area contributed by atoms with E-state index < -0.39 is 0 Å². The van der Waals surface area contributed by atoms with Crippen LogP contribution in [0.15, 0.2) is 67.1 Å². The van der Waals surface area contributed by atoms with E-state index in [0.29, 0.717) is 11.3 Å². The molecule has 0 radical (unpaired) electrons. The molecule has 0 atom stereocenters. The summed E-state index contributed by atoms with van der Waals surface area (Å²) in [6, 6.07) is 15.8. The van der Waals surface area contributed by atoms with Crippen molar-refractivity contribution in [2.45, 2.75) is 13.0 Å². The lowest BCUT2D eigenvalue weighted by Crippen LogP contribution is -2.31. The lowest BCUT2D eigenvalue weighted by molar-refractivity contribution is 0.102. The van der Waals surface area contributed by atoms with Gasteiger partial charge >= 0.3 is 0 Å². The number of rotatable bonds is 3. The number of pyridine rings is 2. The van der Waals surface area contributed by atoms with Crippen LogP contribution in [-0.4, -0.2) is 22.4 Å². The maximum absolute atomic E-state index is 12.3. The van der Waals surface area contributed by atoms with Crippen LogP contribution >= 0.6 is 0 Å². The molecule has 0 spiro atoms. The van der Waals surface area contributed by atoms with Crippen molar-refractivity contribution in [3.63, 3.8) is 0 Å². The van der Waals surface area contributed by atoms with Gasteiger partial charge in [0.1, 0.15) is 5.82 Å². The van der Waals surface area contributed by atoms with Gasteiger partial charge in [0.05, 0.1) is 17.4 Å². The summed E-state index contributed by atoms with van der Waals surface area (Å²) < 4.78 is 0. The first-order valence-corrected chi connectivity index (χ1v) is 8.29. The smallest absolute Gasteiger partial charge is 0.257 e. The Morgan fingerprint density at radius 3 is 2.64 bits per heavy atom. The van der Waals surface area contributed by atoms with Gasteiger partial charge in [-0.25, -0.2) is 4.98 Å². The number of benzene rings is 1. The fourth-order valence-electron chi connectivity index (χ4n) is 3.04. The van der Waals surface area contributed by atoms with E-state index >= 15 is 0 Å². The molecule has 1 aliphatic heterocycles. The summed E-state index contributed by atoms with van der Waals surface area (Å²) in [6.07, 6.45) is 5.93. The van der Waals surface area contributed by atoms with Crippen LogP contribution in [0.1, 0.15) is 21.5 Å². The van der Waals surface area contributed by atoms with Crippen LogP contribution < -0.4 is 10.2 Å². The van der Waals surface area contributed by atoms with Crippen molar-refractivity contribution >= 4 is 17.4 Å². The molecule has 0 aliphatic carbocycles. The fourth-order valence-corrected chi connectivity index (χ4v) is 3.04. The Kier molecular flexibility index (Phi) is 4.12. The van der Waals surface area contributed by atoms with E-state index in [1.807, 2.05) is 12.1 Å². The topological polar surface area (TPSA) is 58.1 Å². The highest BCUT2D eigenvalue weighted by Crippen LogP contribution is 2.23. The Morgan fingerprint density at radius 2 is 1.88 bits per heavy atom. The van der Waals surface area contributed by atoms with E-state index in [1.54, 1.807) is 30.7 Å². The maximum atomic E-state index is 12.3. The first kappa shape index (κ1) is 15.3. The van der Waals surface area contributed by atoms with Crippen molar-refractivity contribution in [2.75, 3.05) is 16.8 Å². The molecule has 3 aromatic rings. The molecule has 1 aliphatic rings. The molecule has 25 heavy (non-hydrogen) atoms. The molecular weight excluding hydrogens is 312 g/mol. The third-order valence-electron chi connectivity index (χ3n) is 4.38. The molecular formula is C20H18N4O. The summed E-state index contributed by atoms with van der Waals surface area (Å²) in [5, 5.41) is 2.82. The van der Waals surface area contributed by atoms with Crippen LogP contribution in [0.25, 0.3) is 0 Å². The number of carbonyl (C=O) groups excluding carboxylic acids is 1. The number of carbonyl (C=O) groups is 1. The van der Waals surface area contributed by atoms with Crippen LogP contribution in [0.3, 0.4) is 0 Å². The Labute approximate surface area is 146 Å². The van der Waals surface area contributed by atoms with Crippen molar-refractivity contribution in [1.82, 2.24) is 9.97 Å². The second kappa shape index (κ2) is 6.73. The van der Waals surface area contributed by atoms with Crippen LogP contribution in [0.2, 0.25) is 0 Å². The first-order valence-electron chi connectivity index (χ1n) is 8.29. The van der Waals surface area contributed by atoms with E-state index in [9.17, 15) is 4.79 Å². The molecule has 0 bridgehead atoms. The highest BCUT2D eigenvalue weighted by Gasteiger charge is 2.17. The number of hydrogen-bond donors (Lipinski definition) is 1. The number of nitrogens with zero attached hydrogens (tertiary/aromatic N) is 3. The van der Waals surface area contributed by atoms with Crippen molar-refractivity contribution in [1.29, 1.82) is 0 Å². The molecule has 1 N–H and O–H groups in total. The van der Waals surface area contributed by atoms with E-state index in [-0.39, 0.29) is 5.91 Å². The van der Waals surface area contributed by atoms with Gasteiger partial charge in [-0.3, -0.25) is 9.78 Å². The minimum Gasteiger partial charge on any atom is -0.352 e. The third-order valence-corrected chi connectivity index (χ3v) is 4.38. The number of amides is 1. The molecule has 4 rings (SSSR count). The lowest BCUT2D eigenvalue weighted by Gasteiger charge is -2.29. The zero-order valence-corrected chi connectivity index (χ0v) is 13.7. The molecule has 5 nitrogen and oxygen atoms in total. The lowest BCUT2D eigenvalue weighted by atomic mass is 10.00. The number of fused-ring (bicyclic) bond motifs is 1. The van der Waals surface area contributed by atoms with Crippen molar-refractivity contribution < 1.29 is 4.79 Å². The molecule has 1 aromatic carbocycles. The molecule has 1 amide bonds. The highest BCUT2D eigenvalue weighted by molar-refractivity contribution is 6.04. The fraction of sp³-hybridized carbons (Fsp3) is 0.150. The number of hydrogen-bond acceptors (Lipinski definition) is 4. The molecule has 5 heteroatoms. The quantitative estimate of drug-likeness (QED) is 0.800. The van der Waals surface area contributed by atoms with Gasteiger partial charge in [0.2, 0.25) is 0 Å². The van der Waals surface area contributed by atoms with Gasteiger partial charge in [0.15, 0.2) is 0 Å². The van der Waals surface area contributed by atoms with Gasteiger partial charge < -0.3 is 10.2 Å².